The van der Waals surface area contributed by atoms with E-state index in [0.29, 0.717) is 24.6 Å². The molecule has 4 nitrogen and oxygen atoms in total. The second-order valence-electron chi connectivity index (χ2n) is 4.14. The molecule has 0 saturated heterocycles. The summed E-state index contributed by atoms with van der Waals surface area (Å²) in [6.45, 7) is 5.26. The number of amides is 1. The van der Waals surface area contributed by atoms with Crippen LogP contribution in [0.5, 0.6) is 0 Å². The molecule has 4 heteroatoms. The Morgan fingerprint density at radius 3 is 2.88 bits per heavy atom. The lowest BCUT2D eigenvalue weighted by Gasteiger charge is -2.20. The summed E-state index contributed by atoms with van der Waals surface area (Å²) in [4.78, 5) is 13.8. The minimum atomic E-state index is 0.00546. The maximum Gasteiger partial charge on any atom is 0.257 e. The molecule has 0 fully saturated rings. The van der Waals surface area contributed by atoms with Gasteiger partial charge in [0.05, 0.1) is 11.8 Å². The van der Waals surface area contributed by atoms with Crippen molar-refractivity contribution in [2.75, 3.05) is 20.1 Å². The van der Waals surface area contributed by atoms with Crippen LogP contribution in [0.2, 0.25) is 0 Å². The van der Waals surface area contributed by atoms with Gasteiger partial charge in [-0.25, -0.2) is 0 Å². The summed E-state index contributed by atoms with van der Waals surface area (Å²) < 4.78 is 5.24. The zero-order valence-corrected chi connectivity index (χ0v) is 10.2. The molecule has 0 aromatic carbocycles. The van der Waals surface area contributed by atoms with Crippen LogP contribution in [-0.4, -0.2) is 30.9 Å². The standard InChI is InChI=1S/C12H20N2O2/c1-4-11-10(5-6-16-11)12(15)14(3)8-9(2)7-13/h5-6,9H,4,7-8,13H2,1-3H3. The Morgan fingerprint density at radius 1 is 1.62 bits per heavy atom. The van der Waals surface area contributed by atoms with Crippen molar-refractivity contribution < 1.29 is 9.21 Å². The van der Waals surface area contributed by atoms with E-state index in [-0.39, 0.29) is 5.91 Å². The fourth-order valence-electron chi connectivity index (χ4n) is 1.64. The number of nitrogens with zero attached hydrogens (tertiary/aromatic N) is 1. The average Bonchev–Trinajstić information content (AvgIpc) is 2.75. The van der Waals surface area contributed by atoms with Crippen molar-refractivity contribution >= 4 is 5.91 Å². The van der Waals surface area contributed by atoms with Crippen molar-refractivity contribution in [2.24, 2.45) is 11.7 Å². The first kappa shape index (κ1) is 12.8. The van der Waals surface area contributed by atoms with E-state index in [1.54, 1.807) is 24.3 Å². The molecule has 0 aliphatic rings. The van der Waals surface area contributed by atoms with Crippen LogP contribution in [0, 0.1) is 5.92 Å². The second kappa shape index (κ2) is 5.70. The summed E-state index contributed by atoms with van der Waals surface area (Å²) in [6.07, 6.45) is 2.29. The minimum Gasteiger partial charge on any atom is -0.469 e. The SMILES string of the molecule is CCc1occc1C(=O)N(C)CC(C)CN. The van der Waals surface area contributed by atoms with E-state index in [0.717, 1.165) is 12.2 Å². The van der Waals surface area contributed by atoms with E-state index in [1.165, 1.54) is 0 Å². The number of carbonyl (C=O) groups excluding carboxylic acids is 1. The van der Waals surface area contributed by atoms with Gasteiger partial charge in [-0.2, -0.15) is 0 Å². The molecular weight excluding hydrogens is 204 g/mol. The van der Waals surface area contributed by atoms with Crippen molar-refractivity contribution in [3.8, 4) is 0 Å². The Hall–Kier alpha value is -1.29. The van der Waals surface area contributed by atoms with Crippen molar-refractivity contribution in [1.29, 1.82) is 0 Å². The number of hydrogen-bond donors (Lipinski definition) is 1. The number of aryl methyl sites for hydroxylation is 1. The van der Waals surface area contributed by atoms with Gasteiger partial charge in [0.15, 0.2) is 0 Å². The lowest BCUT2D eigenvalue weighted by molar-refractivity contribution is 0.0775. The van der Waals surface area contributed by atoms with E-state index in [2.05, 4.69) is 0 Å². The predicted octanol–water partition coefficient (Wildman–Crippen LogP) is 1.51. The summed E-state index contributed by atoms with van der Waals surface area (Å²) in [5, 5.41) is 0. The van der Waals surface area contributed by atoms with Crippen LogP contribution >= 0.6 is 0 Å². The Balaban J connectivity index is 2.70. The molecule has 1 heterocycles. The average molecular weight is 224 g/mol. The molecule has 2 N–H and O–H groups in total. The van der Waals surface area contributed by atoms with E-state index in [1.807, 2.05) is 13.8 Å². The minimum absolute atomic E-state index is 0.00546. The Morgan fingerprint density at radius 2 is 2.31 bits per heavy atom. The molecule has 1 unspecified atom stereocenters. The van der Waals surface area contributed by atoms with Crippen LogP contribution in [0.3, 0.4) is 0 Å². The highest BCUT2D eigenvalue weighted by Gasteiger charge is 2.18. The molecule has 0 aliphatic heterocycles. The van der Waals surface area contributed by atoms with Gasteiger partial charge in [0.25, 0.3) is 5.91 Å². The molecule has 0 aliphatic carbocycles. The number of nitrogens with two attached hydrogens (primary N) is 1. The first-order chi connectivity index (χ1) is 7.60. The van der Waals surface area contributed by atoms with Crippen LogP contribution in [0.15, 0.2) is 16.7 Å². The topological polar surface area (TPSA) is 59.5 Å². The molecule has 1 aromatic heterocycles. The van der Waals surface area contributed by atoms with Gasteiger partial charge in [0.1, 0.15) is 5.76 Å². The monoisotopic (exact) mass is 224 g/mol. The van der Waals surface area contributed by atoms with E-state index in [9.17, 15) is 4.79 Å². The molecule has 0 saturated carbocycles. The molecule has 0 bridgehead atoms. The summed E-state index contributed by atoms with van der Waals surface area (Å²) in [6, 6.07) is 1.73. The Bertz CT molecular complexity index is 347. The number of furan rings is 1. The summed E-state index contributed by atoms with van der Waals surface area (Å²) in [5.74, 6) is 1.06. The molecule has 0 radical (unpaired) electrons. The third-order valence-corrected chi connectivity index (χ3v) is 2.63. The van der Waals surface area contributed by atoms with Gasteiger partial charge in [-0.15, -0.1) is 0 Å². The lowest BCUT2D eigenvalue weighted by atomic mass is 10.1. The highest BCUT2D eigenvalue weighted by molar-refractivity contribution is 5.95. The smallest absolute Gasteiger partial charge is 0.257 e. The molecule has 1 rings (SSSR count). The van der Waals surface area contributed by atoms with E-state index >= 15 is 0 Å². The Kier molecular flexibility index (Phi) is 4.55. The van der Waals surface area contributed by atoms with Gasteiger partial charge < -0.3 is 15.1 Å². The molecule has 0 spiro atoms. The predicted molar refractivity (Wildman–Crippen MR) is 63.3 cm³/mol. The molecule has 1 amide bonds. The first-order valence-electron chi connectivity index (χ1n) is 5.62. The van der Waals surface area contributed by atoms with Crippen molar-refractivity contribution in [1.82, 2.24) is 4.90 Å². The van der Waals surface area contributed by atoms with Crippen molar-refractivity contribution in [3.05, 3.63) is 23.7 Å². The van der Waals surface area contributed by atoms with Gasteiger partial charge in [-0.05, 0) is 18.5 Å². The fourth-order valence-corrected chi connectivity index (χ4v) is 1.64. The highest BCUT2D eigenvalue weighted by atomic mass is 16.3. The fraction of sp³-hybridized carbons (Fsp3) is 0.583. The van der Waals surface area contributed by atoms with Crippen LogP contribution < -0.4 is 5.73 Å². The maximum absolute atomic E-state index is 12.1. The van der Waals surface area contributed by atoms with Gasteiger partial charge in [0.2, 0.25) is 0 Å². The zero-order valence-electron chi connectivity index (χ0n) is 10.2. The van der Waals surface area contributed by atoms with E-state index in [4.69, 9.17) is 10.2 Å². The van der Waals surface area contributed by atoms with Crippen molar-refractivity contribution in [3.63, 3.8) is 0 Å². The van der Waals surface area contributed by atoms with Gasteiger partial charge in [-0.3, -0.25) is 4.79 Å². The van der Waals surface area contributed by atoms with Crippen molar-refractivity contribution in [2.45, 2.75) is 20.3 Å². The molecule has 1 aromatic rings. The number of carbonyl (C=O) groups is 1. The Labute approximate surface area is 96.4 Å². The van der Waals surface area contributed by atoms with Crippen LogP contribution in [0.4, 0.5) is 0 Å². The molecule has 90 valence electrons. The maximum atomic E-state index is 12.1. The number of hydrogen-bond acceptors (Lipinski definition) is 3. The third kappa shape index (κ3) is 2.85. The third-order valence-electron chi connectivity index (χ3n) is 2.63. The quantitative estimate of drug-likeness (QED) is 0.824. The van der Waals surface area contributed by atoms with Gasteiger partial charge in [0, 0.05) is 20.0 Å². The molecular formula is C12H20N2O2. The van der Waals surface area contributed by atoms with Gasteiger partial charge in [-0.1, -0.05) is 13.8 Å². The van der Waals surface area contributed by atoms with Crippen LogP contribution in [0.25, 0.3) is 0 Å². The summed E-state index contributed by atoms with van der Waals surface area (Å²) >= 11 is 0. The molecule has 16 heavy (non-hydrogen) atoms. The number of rotatable bonds is 5. The van der Waals surface area contributed by atoms with Crippen LogP contribution in [0.1, 0.15) is 30.0 Å². The first-order valence-corrected chi connectivity index (χ1v) is 5.62. The van der Waals surface area contributed by atoms with E-state index < -0.39 is 0 Å². The highest BCUT2D eigenvalue weighted by Crippen LogP contribution is 2.14. The normalized spacial score (nSPS) is 12.5. The second-order valence-corrected chi connectivity index (χ2v) is 4.14. The van der Waals surface area contributed by atoms with Crippen LogP contribution in [-0.2, 0) is 6.42 Å². The summed E-state index contributed by atoms with van der Waals surface area (Å²) in [7, 11) is 1.79. The zero-order chi connectivity index (χ0) is 12.1. The lowest BCUT2D eigenvalue weighted by Crippen LogP contribution is -2.33. The largest absolute Gasteiger partial charge is 0.469 e. The molecule has 1 atom stereocenters. The van der Waals surface area contributed by atoms with Gasteiger partial charge >= 0.3 is 0 Å². The summed E-state index contributed by atoms with van der Waals surface area (Å²) in [5.41, 5.74) is 6.20.